The van der Waals surface area contributed by atoms with Crippen LogP contribution in [0, 0.1) is 5.41 Å². The van der Waals surface area contributed by atoms with Crippen LogP contribution in [0.1, 0.15) is 18.4 Å². The molecule has 22 heavy (non-hydrogen) atoms. The van der Waals surface area contributed by atoms with E-state index in [-0.39, 0.29) is 12.8 Å². The number of hydrogen-bond donors (Lipinski definition) is 1. The zero-order chi connectivity index (χ0) is 16.4. The molecule has 0 bridgehead atoms. The fourth-order valence-corrected chi connectivity index (χ4v) is 3.02. The molecule has 1 saturated carbocycles. The van der Waals surface area contributed by atoms with Crippen LogP contribution in [0.5, 0.6) is 0 Å². The number of aliphatic hydroxyl groups is 1. The Balaban J connectivity index is 2.59. The second-order valence-corrected chi connectivity index (χ2v) is 5.30. The van der Waals surface area contributed by atoms with Crippen molar-refractivity contribution in [3.05, 3.63) is 53.8 Å². The number of hydrogen-bond acceptors (Lipinski definition) is 5. The maximum absolute atomic E-state index is 12.2. The zero-order valence-corrected chi connectivity index (χ0v) is 12.6. The Bertz CT molecular complexity index is 626. The molecule has 0 aliphatic heterocycles. The summed E-state index contributed by atoms with van der Waals surface area (Å²) in [6.07, 6.45) is -0.206. The van der Waals surface area contributed by atoms with Gasteiger partial charge >= 0.3 is 11.9 Å². The average molecular weight is 302 g/mol. The van der Waals surface area contributed by atoms with Crippen molar-refractivity contribution in [1.29, 1.82) is 0 Å². The molecule has 5 nitrogen and oxygen atoms in total. The summed E-state index contributed by atoms with van der Waals surface area (Å²) in [5.74, 6) is -1.47. The van der Waals surface area contributed by atoms with Gasteiger partial charge in [-0.2, -0.15) is 0 Å². The highest BCUT2D eigenvalue weighted by Gasteiger charge is 2.61. The lowest BCUT2D eigenvalue weighted by Gasteiger charge is -2.27. The largest absolute Gasteiger partial charge is 0.468 e. The van der Waals surface area contributed by atoms with Crippen molar-refractivity contribution in [2.75, 3.05) is 14.2 Å². The summed E-state index contributed by atoms with van der Waals surface area (Å²) in [5, 5.41) is 11.1. The van der Waals surface area contributed by atoms with E-state index in [9.17, 15) is 14.7 Å². The molecule has 1 atom stereocenters. The molecule has 5 heteroatoms. The van der Waals surface area contributed by atoms with E-state index in [1.165, 1.54) is 14.2 Å². The van der Waals surface area contributed by atoms with Crippen LogP contribution in [-0.4, -0.2) is 31.3 Å². The quantitative estimate of drug-likeness (QED) is 0.523. The lowest BCUT2D eigenvalue weighted by Crippen LogP contribution is -2.40. The zero-order valence-electron chi connectivity index (χ0n) is 12.6. The first-order valence-electron chi connectivity index (χ1n) is 6.79. The van der Waals surface area contributed by atoms with Gasteiger partial charge in [0.15, 0.2) is 5.41 Å². The fourth-order valence-electron chi connectivity index (χ4n) is 3.02. The molecular weight excluding hydrogens is 284 g/mol. The second-order valence-electron chi connectivity index (χ2n) is 5.30. The van der Waals surface area contributed by atoms with Crippen molar-refractivity contribution >= 4 is 11.9 Å². The lowest BCUT2D eigenvalue weighted by molar-refractivity contribution is -0.170. The first-order chi connectivity index (χ1) is 10.4. The monoisotopic (exact) mass is 302 g/mol. The molecule has 2 rings (SSSR count). The van der Waals surface area contributed by atoms with E-state index >= 15 is 0 Å². The first-order valence-corrected chi connectivity index (χ1v) is 6.79. The Morgan fingerprint density at radius 2 is 1.73 bits per heavy atom. The van der Waals surface area contributed by atoms with Crippen LogP contribution >= 0.6 is 0 Å². The number of ether oxygens (including phenoxy) is 2. The number of carbonyl (C=O) groups is 2. The Kier molecular flexibility index (Phi) is 4.22. The third-order valence-electron chi connectivity index (χ3n) is 4.15. The molecule has 116 valence electrons. The number of rotatable bonds is 3. The minimum Gasteiger partial charge on any atom is -0.468 e. The van der Waals surface area contributed by atoms with Crippen LogP contribution in [0.4, 0.5) is 0 Å². The number of methoxy groups -OCH3 is 2. The summed E-state index contributed by atoms with van der Waals surface area (Å²) in [4.78, 5) is 24.4. The van der Waals surface area contributed by atoms with Gasteiger partial charge < -0.3 is 14.6 Å². The summed E-state index contributed by atoms with van der Waals surface area (Å²) in [5.41, 5.74) is 0.505. The first kappa shape index (κ1) is 16.0. The normalized spacial score (nSPS) is 22.8. The topological polar surface area (TPSA) is 72.8 Å². The number of carbonyl (C=O) groups excluding carboxylic acids is 2. The van der Waals surface area contributed by atoms with E-state index in [0.717, 1.165) is 0 Å². The van der Waals surface area contributed by atoms with Gasteiger partial charge in [-0.05, 0) is 5.56 Å². The molecule has 0 saturated heterocycles. The van der Waals surface area contributed by atoms with E-state index in [2.05, 4.69) is 12.3 Å². The van der Waals surface area contributed by atoms with Gasteiger partial charge in [0.2, 0.25) is 0 Å². The van der Waals surface area contributed by atoms with Gasteiger partial charge in [0.1, 0.15) is 5.60 Å². The van der Waals surface area contributed by atoms with Gasteiger partial charge in [0, 0.05) is 18.4 Å². The minimum atomic E-state index is -1.59. The SMILES string of the molecule is C=C=C1CC(C(=O)OC)(C(=O)OC)CC1(O)c1ccccc1. The molecule has 0 aromatic heterocycles. The molecule has 0 spiro atoms. The highest BCUT2D eigenvalue weighted by Crippen LogP contribution is 2.53. The summed E-state index contributed by atoms with van der Waals surface area (Å²) in [6.45, 7) is 3.57. The van der Waals surface area contributed by atoms with Gasteiger partial charge in [-0.1, -0.05) is 36.9 Å². The van der Waals surface area contributed by atoms with Gasteiger partial charge in [-0.15, -0.1) is 5.73 Å². The maximum Gasteiger partial charge on any atom is 0.323 e. The predicted octanol–water partition coefficient (Wildman–Crippen LogP) is 1.71. The molecule has 1 aliphatic carbocycles. The van der Waals surface area contributed by atoms with Crippen molar-refractivity contribution in [1.82, 2.24) is 0 Å². The van der Waals surface area contributed by atoms with E-state index in [1.807, 2.05) is 6.07 Å². The number of benzene rings is 1. The molecule has 0 amide bonds. The van der Waals surface area contributed by atoms with Crippen LogP contribution in [-0.2, 0) is 24.7 Å². The van der Waals surface area contributed by atoms with Crippen LogP contribution in [0.2, 0.25) is 0 Å². The molecular formula is C17H18O5. The van der Waals surface area contributed by atoms with Crippen LogP contribution in [0.15, 0.2) is 48.2 Å². The van der Waals surface area contributed by atoms with E-state index in [1.54, 1.807) is 24.3 Å². The third kappa shape index (κ3) is 2.25. The minimum absolute atomic E-state index is 0.0404. The van der Waals surface area contributed by atoms with Gasteiger partial charge in [-0.3, -0.25) is 9.59 Å². The summed E-state index contributed by atoms with van der Waals surface area (Å²) >= 11 is 0. The molecule has 0 radical (unpaired) electrons. The second kappa shape index (κ2) is 5.79. The van der Waals surface area contributed by atoms with Crippen LogP contribution in [0.25, 0.3) is 0 Å². The predicted molar refractivity (Wildman–Crippen MR) is 78.7 cm³/mol. The average Bonchev–Trinajstić information content (AvgIpc) is 2.89. The smallest absolute Gasteiger partial charge is 0.323 e. The highest BCUT2D eigenvalue weighted by atomic mass is 16.5. The summed E-state index contributed by atoms with van der Waals surface area (Å²) < 4.78 is 9.54. The lowest BCUT2D eigenvalue weighted by atomic mass is 9.82. The summed E-state index contributed by atoms with van der Waals surface area (Å²) in [7, 11) is 2.40. The standard InChI is InChI=1S/C17H18O5/c1-4-12-10-16(14(18)21-2,15(19)22-3)11-17(12,20)13-8-6-5-7-9-13/h5-9,20H,1,10-11H2,2-3H3. The molecule has 1 fully saturated rings. The molecule has 0 heterocycles. The van der Waals surface area contributed by atoms with Gasteiger partial charge in [0.05, 0.1) is 14.2 Å². The number of esters is 2. The van der Waals surface area contributed by atoms with Crippen molar-refractivity contribution < 1.29 is 24.2 Å². The van der Waals surface area contributed by atoms with Crippen molar-refractivity contribution in [2.45, 2.75) is 18.4 Å². The Morgan fingerprint density at radius 3 is 2.18 bits per heavy atom. The van der Waals surface area contributed by atoms with Gasteiger partial charge in [0.25, 0.3) is 0 Å². The van der Waals surface area contributed by atoms with E-state index < -0.39 is 23.0 Å². The van der Waals surface area contributed by atoms with Crippen molar-refractivity contribution in [3.8, 4) is 0 Å². The summed E-state index contributed by atoms with van der Waals surface area (Å²) in [6, 6.07) is 8.80. The highest BCUT2D eigenvalue weighted by molar-refractivity contribution is 6.01. The van der Waals surface area contributed by atoms with E-state index in [0.29, 0.717) is 11.1 Å². The van der Waals surface area contributed by atoms with E-state index in [4.69, 9.17) is 9.47 Å². The van der Waals surface area contributed by atoms with Gasteiger partial charge in [-0.25, -0.2) is 0 Å². The Morgan fingerprint density at radius 1 is 1.18 bits per heavy atom. The molecule has 1 aromatic carbocycles. The molecule has 1 unspecified atom stereocenters. The van der Waals surface area contributed by atoms with Crippen LogP contribution < -0.4 is 0 Å². The molecule has 1 aromatic rings. The molecule has 1 aliphatic rings. The Hall–Kier alpha value is -2.36. The fraction of sp³-hybridized carbons (Fsp3) is 0.353. The maximum atomic E-state index is 12.2. The third-order valence-corrected chi connectivity index (χ3v) is 4.15. The molecule has 1 N–H and O–H groups in total. The van der Waals surface area contributed by atoms with Crippen molar-refractivity contribution in [2.24, 2.45) is 5.41 Å². The Labute approximate surface area is 128 Å². The van der Waals surface area contributed by atoms with Crippen molar-refractivity contribution in [3.63, 3.8) is 0 Å². The van der Waals surface area contributed by atoms with Crippen LogP contribution in [0.3, 0.4) is 0 Å².